The second kappa shape index (κ2) is 9.26. The van der Waals surface area contributed by atoms with Crippen molar-refractivity contribution in [3.05, 3.63) is 62.4 Å². The van der Waals surface area contributed by atoms with Gasteiger partial charge >= 0.3 is 201 Å². The molecule has 5 rings (SSSR count). The Morgan fingerprint density at radius 3 is 2.79 bits per heavy atom. The molecule has 11 heteroatoms. The summed E-state index contributed by atoms with van der Waals surface area (Å²) in [6.07, 6.45) is 2.80. The van der Waals surface area contributed by atoms with Crippen LogP contribution in [0.3, 0.4) is 0 Å². The third kappa shape index (κ3) is 4.37. The number of rotatable bonds is 7. The second-order valence-electron chi connectivity index (χ2n) is 8.63. The van der Waals surface area contributed by atoms with Gasteiger partial charge in [0.15, 0.2) is 0 Å². The van der Waals surface area contributed by atoms with Gasteiger partial charge in [0, 0.05) is 0 Å². The van der Waals surface area contributed by atoms with Crippen LogP contribution in [-0.2, 0) is 24.9 Å². The summed E-state index contributed by atoms with van der Waals surface area (Å²) in [7, 11) is 1.61. The summed E-state index contributed by atoms with van der Waals surface area (Å²) in [5.41, 5.74) is -0.201. The molecule has 0 spiro atoms. The molecular formula is C22H27FIN6O3-. The molecule has 2 aliphatic rings. The number of hydrogen-bond acceptors (Lipinski definition) is 6. The summed E-state index contributed by atoms with van der Waals surface area (Å²) < 4.78 is 25.6. The van der Waals surface area contributed by atoms with Crippen molar-refractivity contribution in [3.63, 3.8) is 0 Å². The van der Waals surface area contributed by atoms with Crippen molar-refractivity contribution in [2.45, 2.75) is 55.5 Å². The number of aromatic nitrogens is 5. The molecule has 3 aromatic rings. The summed E-state index contributed by atoms with van der Waals surface area (Å²) in [6, 6.07) is 7.24. The molecule has 1 aromatic carbocycles. The number of hydrogen-bond donors (Lipinski definition) is 0. The molecule has 33 heavy (non-hydrogen) atoms. The monoisotopic (exact) mass is 569 g/mol. The summed E-state index contributed by atoms with van der Waals surface area (Å²) >= 11 is 0.0609. The molecule has 0 amide bonds. The van der Waals surface area contributed by atoms with Gasteiger partial charge in [0.1, 0.15) is 0 Å². The van der Waals surface area contributed by atoms with Crippen LogP contribution in [0, 0.1) is 12.7 Å². The maximum absolute atomic E-state index is 13.9. The van der Waals surface area contributed by atoms with Crippen molar-refractivity contribution in [3.8, 4) is 0 Å². The van der Waals surface area contributed by atoms with E-state index in [2.05, 4.69) is 15.0 Å². The molecule has 2 fully saturated rings. The number of benzene rings is 1. The molecule has 0 N–H and O–H groups in total. The van der Waals surface area contributed by atoms with Gasteiger partial charge < -0.3 is 0 Å². The van der Waals surface area contributed by atoms with Gasteiger partial charge in [0.05, 0.1) is 0 Å². The fraction of sp³-hybridized carbons (Fsp3) is 0.545. The van der Waals surface area contributed by atoms with Gasteiger partial charge in [-0.1, -0.05) is 0 Å². The topological polar surface area (TPSA) is 86.7 Å². The van der Waals surface area contributed by atoms with E-state index in [1.54, 1.807) is 26.1 Å². The van der Waals surface area contributed by atoms with Gasteiger partial charge in [-0.2, -0.15) is 0 Å². The van der Waals surface area contributed by atoms with Gasteiger partial charge in [0.25, 0.3) is 0 Å². The van der Waals surface area contributed by atoms with Crippen molar-refractivity contribution >= 4 is 5.78 Å². The summed E-state index contributed by atoms with van der Waals surface area (Å²) in [5.74, 6) is 0.505. The molecule has 4 heterocycles. The predicted octanol–water partition coefficient (Wildman–Crippen LogP) is -2.09. The third-order valence-corrected chi connectivity index (χ3v) is 10.2. The molecule has 9 nitrogen and oxygen atoms in total. The number of fused-ring (bicyclic) bond motifs is 3. The van der Waals surface area contributed by atoms with E-state index in [0.717, 1.165) is 19.4 Å². The molecule has 178 valence electrons. The number of alkyl halides is 2. The molecule has 2 aliphatic heterocycles. The molecule has 0 aliphatic carbocycles. The quantitative estimate of drug-likeness (QED) is 0.184. The molecule has 0 saturated carbocycles. The Bertz CT molecular complexity index is 1270. The van der Waals surface area contributed by atoms with Gasteiger partial charge in [-0.25, -0.2) is 0 Å². The van der Waals surface area contributed by atoms with E-state index in [4.69, 9.17) is 4.74 Å². The Morgan fingerprint density at radius 2 is 2.00 bits per heavy atom. The van der Waals surface area contributed by atoms with E-state index < -0.39 is 5.69 Å². The van der Waals surface area contributed by atoms with Gasteiger partial charge in [-0.3, -0.25) is 0 Å². The van der Waals surface area contributed by atoms with E-state index in [1.807, 2.05) is 6.07 Å². The number of halogens is 2. The van der Waals surface area contributed by atoms with E-state index in [9.17, 15) is 14.0 Å². The van der Waals surface area contributed by atoms with Crippen LogP contribution in [0.15, 0.2) is 33.9 Å². The number of aryl methyl sites for hydroxylation is 2. The first-order valence-corrected chi connectivity index (χ1v) is 13.9. The molecule has 0 radical (unpaired) electrons. The average molecular weight is 569 g/mol. The van der Waals surface area contributed by atoms with Crippen molar-refractivity contribution < 1.29 is 30.3 Å². The fourth-order valence-electron chi connectivity index (χ4n) is 4.72. The minimum atomic E-state index is -0.440. The van der Waals surface area contributed by atoms with E-state index in [0.29, 0.717) is 41.1 Å². The summed E-state index contributed by atoms with van der Waals surface area (Å²) in [5, 5.41) is 4.13. The van der Waals surface area contributed by atoms with Crippen LogP contribution in [0.4, 0.5) is 4.39 Å². The van der Waals surface area contributed by atoms with Gasteiger partial charge in [-0.15, -0.1) is 0 Å². The van der Waals surface area contributed by atoms with Crippen molar-refractivity contribution in [1.82, 2.24) is 28.6 Å². The van der Waals surface area contributed by atoms with Crippen LogP contribution in [0.25, 0.3) is 5.78 Å². The molecular weight excluding hydrogens is 542 g/mol. The fourth-order valence-corrected chi connectivity index (χ4v) is 8.93. The van der Waals surface area contributed by atoms with Crippen molar-refractivity contribution in [1.29, 1.82) is 0 Å². The van der Waals surface area contributed by atoms with Crippen molar-refractivity contribution in [2.24, 2.45) is 7.05 Å². The summed E-state index contributed by atoms with van der Waals surface area (Å²) in [4.78, 5) is 32.2. The maximum atomic E-state index is 13.9. The van der Waals surface area contributed by atoms with E-state index in [-0.39, 0.29) is 44.6 Å². The Hall–Kier alpha value is -2.12. The van der Waals surface area contributed by atoms with E-state index in [1.165, 1.54) is 24.1 Å². The zero-order valence-corrected chi connectivity index (χ0v) is 20.8. The van der Waals surface area contributed by atoms with Crippen LogP contribution >= 0.6 is 0 Å². The second-order valence-corrected chi connectivity index (χ2v) is 11.8. The summed E-state index contributed by atoms with van der Waals surface area (Å²) in [6.45, 7) is 3.20. The van der Waals surface area contributed by atoms with Gasteiger partial charge in [0.2, 0.25) is 0 Å². The van der Waals surface area contributed by atoms with Gasteiger partial charge in [-0.05, 0) is 0 Å². The van der Waals surface area contributed by atoms with E-state index >= 15 is 0 Å². The molecule has 3 atom stereocenters. The van der Waals surface area contributed by atoms with Crippen LogP contribution < -0.4 is 32.6 Å². The molecule has 2 aromatic heterocycles. The van der Waals surface area contributed by atoms with Crippen LogP contribution in [0.5, 0.6) is 0 Å². The predicted molar refractivity (Wildman–Crippen MR) is 115 cm³/mol. The Balaban J connectivity index is 1.20. The first kappa shape index (κ1) is 22.7. The zero-order chi connectivity index (χ0) is 23.1. The standard InChI is InChI=1S/C22H27FIN6O3/c1-14-25-20-27(2)21(31)29(22(32)30(20)26-14)9-5-8-28-16-10-17(11-19(28)24-12-16)33-13-15-6-3-4-7-18(15)23/h3-4,6-7,16-17,19H,5,8-13H2,1-2H3/q-1. The third-order valence-electron chi connectivity index (χ3n) is 6.42. The number of nitrogens with zero attached hydrogens (tertiary/aromatic N) is 6. The normalized spacial score (nSPS) is 23.2. The Morgan fingerprint density at radius 1 is 1.18 bits per heavy atom. The van der Waals surface area contributed by atoms with Crippen LogP contribution in [-0.4, -0.2) is 55.8 Å². The first-order valence-electron chi connectivity index (χ1n) is 11.1. The van der Waals surface area contributed by atoms with Crippen molar-refractivity contribution in [2.75, 3.05) is 11.0 Å². The molecule has 2 bridgehead atoms. The Labute approximate surface area is 200 Å². The SMILES string of the molecule is Cc1nc2n(C)c(=O)n(CCCN3C4C[I-]C3CC(OCc3ccccc3F)C4)c(=O)n2n1. The van der Waals surface area contributed by atoms with Crippen LogP contribution in [0.1, 0.15) is 30.7 Å². The minimum absolute atomic E-state index is 0.0609. The molecule has 2 saturated heterocycles. The van der Waals surface area contributed by atoms with Crippen LogP contribution in [0.2, 0.25) is 0 Å². The Kier molecular flexibility index (Phi) is 6.36. The number of ether oxygens (including phenoxy) is 1. The number of piperidine rings is 1. The molecule has 3 unspecified atom stereocenters. The zero-order valence-electron chi connectivity index (χ0n) is 18.7. The first-order chi connectivity index (χ1) is 15.9. The average Bonchev–Trinajstić information content (AvgIpc) is 3.30.